The van der Waals surface area contributed by atoms with Gasteiger partial charge in [-0.15, -0.1) is 0 Å². The summed E-state index contributed by atoms with van der Waals surface area (Å²) in [6.45, 7) is 0.593. The number of carbonyl (C=O) groups is 1. The summed E-state index contributed by atoms with van der Waals surface area (Å²) in [5, 5.41) is 4.85. The molecule has 21 heavy (non-hydrogen) atoms. The van der Waals surface area contributed by atoms with Gasteiger partial charge >= 0.3 is 0 Å². The van der Waals surface area contributed by atoms with Crippen LogP contribution in [0.4, 0.5) is 0 Å². The lowest BCUT2D eigenvalue weighted by Crippen LogP contribution is -2.40. The van der Waals surface area contributed by atoms with E-state index in [0.29, 0.717) is 11.6 Å². The summed E-state index contributed by atoms with van der Waals surface area (Å²) in [5.74, 6) is 0.470. The molecule has 1 saturated carbocycles. The molecule has 1 fully saturated rings. The van der Waals surface area contributed by atoms with E-state index >= 15 is 0 Å². The summed E-state index contributed by atoms with van der Waals surface area (Å²) >= 11 is 5.88. The third-order valence-corrected chi connectivity index (χ3v) is 4.47. The van der Waals surface area contributed by atoms with Gasteiger partial charge in [-0.3, -0.25) is 4.79 Å². The van der Waals surface area contributed by atoms with Crippen LogP contribution in [0.2, 0.25) is 5.02 Å². The summed E-state index contributed by atoms with van der Waals surface area (Å²) < 4.78 is 0. The molecule has 5 heteroatoms. The average Bonchev–Trinajstić information content (AvgIpc) is 2.86. The molecule has 1 aliphatic carbocycles. The highest BCUT2D eigenvalue weighted by Crippen LogP contribution is 2.28. The summed E-state index contributed by atoms with van der Waals surface area (Å²) in [6.07, 6.45) is 3.91. The standard InChI is InChI=1S/C16H19ClN2O2/c1-19(16(20)12-3-2-4-12)10-14-9-15(18-21-14)11-5-7-13(17)8-6-11/h5-8,12,14H,2-4,9-10H2,1H3. The summed E-state index contributed by atoms with van der Waals surface area (Å²) in [7, 11) is 1.85. The van der Waals surface area contributed by atoms with Crippen LogP contribution in [-0.4, -0.2) is 36.2 Å². The Morgan fingerprint density at radius 1 is 1.38 bits per heavy atom. The van der Waals surface area contributed by atoms with Crippen LogP contribution in [0.5, 0.6) is 0 Å². The summed E-state index contributed by atoms with van der Waals surface area (Å²) in [6, 6.07) is 7.57. The number of hydrogen-bond donors (Lipinski definition) is 0. The normalized spacial score (nSPS) is 21.4. The topological polar surface area (TPSA) is 41.9 Å². The quantitative estimate of drug-likeness (QED) is 0.858. The number of carbonyl (C=O) groups excluding carboxylic acids is 1. The molecule has 0 spiro atoms. The maximum atomic E-state index is 12.1. The van der Waals surface area contributed by atoms with Crippen molar-refractivity contribution in [3.05, 3.63) is 34.9 Å². The number of hydrogen-bond acceptors (Lipinski definition) is 3. The lowest BCUT2D eigenvalue weighted by atomic mass is 9.84. The molecule has 112 valence electrons. The number of oxime groups is 1. The van der Waals surface area contributed by atoms with Crippen molar-refractivity contribution >= 4 is 23.2 Å². The van der Waals surface area contributed by atoms with Crippen molar-refractivity contribution in [3.63, 3.8) is 0 Å². The van der Waals surface area contributed by atoms with E-state index in [9.17, 15) is 4.79 Å². The Hall–Kier alpha value is -1.55. The Labute approximate surface area is 129 Å². The third kappa shape index (κ3) is 3.21. The number of benzene rings is 1. The molecular formula is C16H19ClN2O2. The molecular weight excluding hydrogens is 288 g/mol. The van der Waals surface area contributed by atoms with Crippen LogP contribution >= 0.6 is 11.6 Å². The van der Waals surface area contributed by atoms with E-state index in [1.807, 2.05) is 31.3 Å². The number of nitrogens with zero attached hydrogens (tertiary/aromatic N) is 2. The summed E-state index contributed by atoms with van der Waals surface area (Å²) in [5.41, 5.74) is 1.94. The Morgan fingerprint density at radius 2 is 2.10 bits per heavy atom. The van der Waals surface area contributed by atoms with Crippen molar-refractivity contribution in [1.82, 2.24) is 4.90 Å². The van der Waals surface area contributed by atoms with Crippen molar-refractivity contribution < 1.29 is 9.63 Å². The van der Waals surface area contributed by atoms with Crippen molar-refractivity contribution in [2.75, 3.05) is 13.6 Å². The van der Waals surface area contributed by atoms with E-state index < -0.39 is 0 Å². The van der Waals surface area contributed by atoms with Crippen molar-refractivity contribution in [2.45, 2.75) is 31.8 Å². The zero-order chi connectivity index (χ0) is 14.8. The van der Waals surface area contributed by atoms with Crippen LogP contribution in [0.25, 0.3) is 0 Å². The van der Waals surface area contributed by atoms with E-state index in [-0.39, 0.29) is 17.9 Å². The fourth-order valence-electron chi connectivity index (χ4n) is 2.70. The lowest BCUT2D eigenvalue weighted by Gasteiger charge is -2.30. The van der Waals surface area contributed by atoms with Crippen LogP contribution in [0.3, 0.4) is 0 Å². The zero-order valence-corrected chi connectivity index (χ0v) is 12.8. The molecule has 2 aliphatic rings. The van der Waals surface area contributed by atoms with Gasteiger partial charge in [0.1, 0.15) is 0 Å². The average molecular weight is 307 g/mol. The third-order valence-electron chi connectivity index (χ3n) is 4.22. The van der Waals surface area contributed by atoms with Crippen LogP contribution in [-0.2, 0) is 9.63 Å². The van der Waals surface area contributed by atoms with Crippen LogP contribution in [0.1, 0.15) is 31.2 Å². The van der Waals surface area contributed by atoms with E-state index in [2.05, 4.69) is 5.16 Å². The van der Waals surface area contributed by atoms with Crippen LogP contribution in [0.15, 0.2) is 29.4 Å². The molecule has 0 bridgehead atoms. The first-order valence-electron chi connectivity index (χ1n) is 7.37. The zero-order valence-electron chi connectivity index (χ0n) is 12.1. The maximum absolute atomic E-state index is 12.1. The molecule has 1 aliphatic heterocycles. The van der Waals surface area contributed by atoms with Crippen LogP contribution < -0.4 is 0 Å². The van der Waals surface area contributed by atoms with E-state index in [1.54, 1.807) is 4.90 Å². The Morgan fingerprint density at radius 3 is 2.71 bits per heavy atom. The van der Waals surface area contributed by atoms with Gasteiger partial charge in [0.05, 0.1) is 12.3 Å². The highest BCUT2D eigenvalue weighted by Gasteiger charge is 2.31. The lowest BCUT2D eigenvalue weighted by molar-refractivity contribution is -0.138. The van der Waals surface area contributed by atoms with Gasteiger partial charge in [0.25, 0.3) is 0 Å². The molecule has 1 unspecified atom stereocenters. The monoisotopic (exact) mass is 306 g/mol. The number of rotatable bonds is 4. The minimum atomic E-state index is -0.0512. The minimum Gasteiger partial charge on any atom is -0.390 e. The molecule has 0 aromatic heterocycles. The Bertz CT molecular complexity index is 552. The number of amides is 1. The molecule has 1 heterocycles. The Kier molecular flexibility index (Phi) is 4.15. The predicted molar refractivity (Wildman–Crippen MR) is 82.5 cm³/mol. The Balaban J connectivity index is 1.53. The van der Waals surface area contributed by atoms with Gasteiger partial charge in [-0.2, -0.15) is 0 Å². The van der Waals surface area contributed by atoms with E-state index in [4.69, 9.17) is 16.4 Å². The van der Waals surface area contributed by atoms with Gasteiger partial charge in [-0.1, -0.05) is 35.3 Å². The molecule has 1 amide bonds. The first-order valence-corrected chi connectivity index (χ1v) is 7.75. The van der Waals surface area contributed by atoms with Gasteiger partial charge in [0, 0.05) is 24.4 Å². The summed E-state index contributed by atoms with van der Waals surface area (Å²) in [4.78, 5) is 19.4. The molecule has 0 radical (unpaired) electrons. The van der Waals surface area contributed by atoms with Gasteiger partial charge < -0.3 is 9.74 Å². The molecule has 1 aromatic carbocycles. The molecule has 0 saturated heterocycles. The first-order chi connectivity index (χ1) is 10.1. The first kappa shape index (κ1) is 14.4. The fraction of sp³-hybridized carbons (Fsp3) is 0.500. The van der Waals surface area contributed by atoms with Crippen LogP contribution in [0, 0.1) is 5.92 Å². The van der Waals surface area contributed by atoms with Crippen molar-refractivity contribution in [2.24, 2.45) is 11.1 Å². The molecule has 1 atom stereocenters. The highest BCUT2D eigenvalue weighted by molar-refractivity contribution is 6.30. The van der Waals surface area contributed by atoms with Crippen molar-refractivity contribution in [3.8, 4) is 0 Å². The second-order valence-electron chi connectivity index (χ2n) is 5.82. The van der Waals surface area contributed by atoms with Gasteiger partial charge in [-0.05, 0) is 30.5 Å². The fourth-order valence-corrected chi connectivity index (χ4v) is 2.83. The van der Waals surface area contributed by atoms with Gasteiger partial charge in [0.2, 0.25) is 5.91 Å². The van der Waals surface area contributed by atoms with Gasteiger partial charge in [-0.25, -0.2) is 0 Å². The maximum Gasteiger partial charge on any atom is 0.225 e. The SMILES string of the molecule is CN(CC1CC(c2ccc(Cl)cc2)=NO1)C(=O)C1CCC1. The number of halogens is 1. The minimum absolute atomic E-state index is 0.0512. The molecule has 0 N–H and O–H groups in total. The van der Waals surface area contributed by atoms with E-state index in [0.717, 1.165) is 30.5 Å². The second kappa shape index (κ2) is 6.06. The predicted octanol–water partition coefficient (Wildman–Crippen LogP) is 3.09. The van der Waals surface area contributed by atoms with E-state index in [1.165, 1.54) is 6.42 Å². The smallest absolute Gasteiger partial charge is 0.225 e. The molecule has 1 aromatic rings. The van der Waals surface area contributed by atoms with Crippen molar-refractivity contribution in [1.29, 1.82) is 0 Å². The molecule has 4 nitrogen and oxygen atoms in total. The second-order valence-corrected chi connectivity index (χ2v) is 6.26. The number of likely N-dealkylation sites (N-methyl/N-ethyl adjacent to an activating group) is 1. The van der Waals surface area contributed by atoms with Gasteiger partial charge in [0.15, 0.2) is 6.10 Å². The largest absolute Gasteiger partial charge is 0.390 e. The molecule has 3 rings (SSSR count). The highest BCUT2D eigenvalue weighted by atomic mass is 35.5.